The Balaban J connectivity index is 0.00000249. The summed E-state index contributed by atoms with van der Waals surface area (Å²) < 4.78 is 6.64. The van der Waals surface area contributed by atoms with Crippen LogP contribution in [-0.2, 0) is 14.3 Å². The highest BCUT2D eigenvalue weighted by Gasteiger charge is 2.41. The van der Waals surface area contributed by atoms with Crippen LogP contribution in [-0.4, -0.2) is 75.6 Å². The Morgan fingerprint density at radius 1 is 1.53 bits per heavy atom. The number of carboxylic acid groups (broad SMARTS) is 1. The number of alkyl halides is 1. The second-order valence-corrected chi connectivity index (χ2v) is 6.99. The highest BCUT2D eigenvalue weighted by atomic mass is 35.5. The maximum atomic E-state index is 12.3. The molecule has 0 fully saturated rings. The molecule has 1 aliphatic rings. The van der Waals surface area contributed by atoms with E-state index < -0.39 is 42.0 Å². The zero-order valence-corrected chi connectivity index (χ0v) is 18.6. The van der Waals surface area contributed by atoms with Gasteiger partial charge in [0.1, 0.15) is 5.82 Å². The number of carbonyl (C=O) groups is 2. The van der Waals surface area contributed by atoms with E-state index in [0.29, 0.717) is 13.0 Å². The summed E-state index contributed by atoms with van der Waals surface area (Å²) in [7, 11) is 1.62. The number of guanidine groups is 1. The van der Waals surface area contributed by atoms with Gasteiger partial charge in [-0.05, 0) is 24.6 Å². The van der Waals surface area contributed by atoms with E-state index in [1.807, 2.05) is 0 Å². The number of aliphatic carboxylic acids is 1. The van der Waals surface area contributed by atoms with E-state index >= 15 is 0 Å². The molecule has 1 amide bonds. The molecular formula is C18H29ClN8O5. The average molecular weight is 473 g/mol. The highest BCUT2D eigenvalue weighted by molar-refractivity contribution is 6.15. The molecule has 2 rings (SSSR count). The van der Waals surface area contributed by atoms with E-state index in [1.165, 1.54) is 35.7 Å². The molecule has 2 heterocycles. The summed E-state index contributed by atoms with van der Waals surface area (Å²) in [6.07, 6.45) is 4.82. The Bertz CT molecular complexity index is 908. The van der Waals surface area contributed by atoms with E-state index in [4.69, 9.17) is 27.3 Å². The number of amides is 1. The first-order valence-electron chi connectivity index (χ1n) is 9.42. The Hall–Kier alpha value is -3.16. The van der Waals surface area contributed by atoms with Crippen LogP contribution in [0.3, 0.4) is 0 Å². The molecule has 14 heteroatoms. The van der Waals surface area contributed by atoms with Gasteiger partial charge in [0.15, 0.2) is 17.7 Å². The third kappa shape index (κ3) is 7.21. The van der Waals surface area contributed by atoms with Gasteiger partial charge in [-0.15, -0.1) is 11.6 Å². The lowest BCUT2D eigenvalue weighted by atomic mass is 9.97. The minimum atomic E-state index is -1.80. The molecule has 0 spiro atoms. The number of nitrogens with two attached hydrogens (primary N) is 3. The van der Waals surface area contributed by atoms with Gasteiger partial charge in [0.2, 0.25) is 5.91 Å². The van der Waals surface area contributed by atoms with Crippen molar-refractivity contribution in [2.45, 2.75) is 30.7 Å². The van der Waals surface area contributed by atoms with Crippen molar-refractivity contribution in [1.82, 2.24) is 19.8 Å². The smallest absolute Gasteiger partial charge is 0.351 e. The number of halogens is 1. The number of nitrogen functional groups attached to an aromatic ring is 1. The van der Waals surface area contributed by atoms with E-state index in [1.54, 1.807) is 7.05 Å². The van der Waals surface area contributed by atoms with Crippen molar-refractivity contribution in [2.24, 2.45) is 11.5 Å². The molecule has 0 saturated carbocycles. The predicted molar refractivity (Wildman–Crippen MR) is 119 cm³/mol. The SMILES string of the molecule is CCl.CN(CCC(N)CC(=O)NC1(C(=O)O)C=CC(n2ccc(N)nc2=O)OC1)C(=N)N. The van der Waals surface area contributed by atoms with E-state index in [0.717, 1.165) is 4.57 Å². The quantitative estimate of drug-likeness (QED) is 0.113. The monoisotopic (exact) mass is 472 g/mol. The van der Waals surface area contributed by atoms with Gasteiger partial charge in [0.05, 0.1) is 6.61 Å². The minimum absolute atomic E-state index is 0.0500. The second kappa shape index (κ2) is 12.0. The van der Waals surface area contributed by atoms with E-state index in [-0.39, 0.29) is 18.2 Å². The summed E-state index contributed by atoms with van der Waals surface area (Å²) in [5.74, 6) is -1.97. The molecule has 1 aromatic rings. The summed E-state index contributed by atoms with van der Waals surface area (Å²) in [6, 6.07) is 0.850. The van der Waals surface area contributed by atoms with Crippen LogP contribution < -0.4 is 28.2 Å². The molecule has 178 valence electrons. The predicted octanol–water partition coefficient (Wildman–Crippen LogP) is -1.36. The van der Waals surface area contributed by atoms with Crippen molar-refractivity contribution < 1.29 is 19.4 Å². The molecule has 0 saturated heterocycles. The van der Waals surface area contributed by atoms with Gasteiger partial charge in [-0.25, -0.2) is 9.59 Å². The zero-order chi connectivity index (χ0) is 24.5. The largest absolute Gasteiger partial charge is 0.479 e. The molecule has 0 aliphatic carbocycles. The molecule has 0 bridgehead atoms. The Labute approximate surface area is 189 Å². The average Bonchev–Trinajstić information content (AvgIpc) is 2.74. The number of anilines is 1. The summed E-state index contributed by atoms with van der Waals surface area (Å²) in [4.78, 5) is 41.2. The lowest BCUT2D eigenvalue weighted by molar-refractivity contribution is -0.150. The number of nitrogens with one attached hydrogen (secondary N) is 2. The molecule has 9 N–H and O–H groups in total. The maximum absolute atomic E-state index is 12.3. The number of hydrogen-bond donors (Lipinski definition) is 6. The number of carbonyl (C=O) groups excluding carboxylic acids is 1. The third-order valence-corrected chi connectivity index (χ3v) is 4.59. The van der Waals surface area contributed by atoms with Crippen molar-refractivity contribution in [3.05, 3.63) is 34.9 Å². The fourth-order valence-electron chi connectivity index (χ4n) is 2.74. The third-order valence-electron chi connectivity index (χ3n) is 4.59. The first-order valence-corrected chi connectivity index (χ1v) is 10.2. The van der Waals surface area contributed by atoms with E-state index in [2.05, 4.69) is 21.9 Å². The van der Waals surface area contributed by atoms with Crippen molar-refractivity contribution in [2.75, 3.05) is 32.3 Å². The van der Waals surface area contributed by atoms with Crippen LogP contribution in [0.5, 0.6) is 0 Å². The van der Waals surface area contributed by atoms with Gasteiger partial charge < -0.3 is 37.3 Å². The van der Waals surface area contributed by atoms with Crippen molar-refractivity contribution >= 4 is 35.3 Å². The van der Waals surface area contributed by atoms with Gasteiger partial charge in [0, 0.05) is 38.6 Å². The molecule has 0 aromatic carbocycles. The number of rotatable bonds is 8. The van der Waals surface area contributed by atoms with Gasteiger partial charge in [0.25, 0.3) is 0 Å². The van der Waals surface area contributed by atoms with Crippen molar-refractivity contribution in [1.29, 1.82) is 5.41 Å². The molecule has 32 heavy (non-hydrogen) atoms. The molecular weight excluding hydrogens is 444 g/mol. The fourth-order valence-corrected chi connectivity index (χ4v) is 2.74. The molecule has 0 radical (unpaired) electrons. The summed E-state index contributed by atoms with van der Waals surface area (Å²) in [5.41, 5.74) is 14.3. The standard InChI is InChI=1S/C17H26N8O5.CH3Cl/c1-24(15(20)21)6-3-10(18)8-12(26)23-17(14(27)28)5-2-13(30-9-17)25-7-4-11(19)22-16(25)29;1-2/h2,4-5,7,10,13H,3,6,8-9,18H2,1H3,(H3,20,21)(H,23,26)(H,27,28)(H2,19,22,29);1H3. The molecule has 1 aliphatic heterocycles. The first kappa shape index (κ1) is 26.9. The second-order valence-electron chi connectivity index (χ2n) is 6.99. The lowest BCUT2D eigenvalue weighted by Crippen LogP contribution is -2.58. The zero-order valence-electron chi connectivity index (χ0n) is 17.8. The molecule has 3 unspecified atom stereocenters. The summed E-state index contributed by atoms with van der Waals surface area (Å²) >= 11 is 4.64. The van der Waals surface area contributed by atoms with Gasteiger partial charge >= 0.3 is 11.7 Å². The number of ether oxygens (including phenoxy) is 1. The fraction of sp³-hybridized carbons (Fsp3) is 0.500. The van der Waals surface area contributed by atoms with Crippen LogP contribution in [0.1, 0.15) is 19.1 Å². The minimum Gasteiger partial charge on any atom is -0.479 e. The first-order chi connectivity index (χ1) is 15.0. The Morgan fingerprint density at radius 2 is 2.19 bits per heavy atom. The van der Waals surface area contributed by atoms with Gasteiger partial charge in [-0.2, -0.15) is 4.98 Å². The van der Waals surface area contributed by atoms with Crippen LogP contribution in [0.25, 0.3) is 0 Å². The van der Waals surface area contributed by atoms with Crippen molar-refractivity contribution in [3.8, 4) is 0 Å². The maximum Gasteiger partial charge on any atom is 0.351 e. The van der Waals surface area contributed by atoms with Crippen LogP contribution in [0.15, 0.2) is 29.2 Å². The van der Waals surface area contributed by atoms with Crippen LogP contribution >= 0.6 is 11.6 Å². The Morgan fingerprint density at radius 3 is 2.69 bits per heavy atom. The molecule has 13 nitrogen and oxygen atoms in total. The summed E-state index contributed by atoms with van der Waals surface area (Å²) in [6.45, 7) is -0.0305. The molecule has 3 atom stereocenters. The number of carboxylic acids is 1. The highest BCUT2D eigenvalue weighted by Crippen LogP contribution is 2.22. The van der Waals surface area contributed by atoms with Crippen LogP contribution in [0, 0.1) is 5.41 Å². The number of hydrogen-bond acceptors (Lipinski definition) is 8. The number of nitrogens with zero attached hydrogens (tertiary/aromatic N) is 3. The van der Waals surface area contributed by atoms with Crippen LogP contribution in [0.2, 0.25) is 0 Å². The summed E-state index contributed by atoms with van der Waals surface area (Å²) in [5, 5.41) is 19.4. The lowest BCUT2D eigenvalue weighted by Gasteiger charge is -2.33. The molecule has 1 aromatic heterocycles. The number of aromatic nitrogens is 2. The van der Waals surface area contributed by atoms with Gasteiger partial charge in [-0.1, -0.05) is 0 Å². The van der Waals surface area contributed by atoms with Gasteiger partial charge in [-0.3, -0.25) is 14.8 Å². The van der Waals surface area contributed by atoms with Crippen molar-refractivity contribution in [3.63, 3.8) is 0 Å². The topological polar surface area (TPSA) is 216 Å². The van der Waals surface area contributed by atoms with Crippen LogP contribution in [0.4, 0.5) is 5.82 Å². The normalized spacial score (nSPS) is 20.4. The van der Waals surface area contributed by atoms with E-state index in [9.17, 15) is 19.5 Å². The Kier molecular flexibility index (Phi) is 10.1.